The summed E-state index contributed by atoms with van der Waals surface area (Å²) in [7, 11) is 1.58. The number of methoxy groups -OCH3 is 1. The van der Waals surface area contributed by atoms with Crippen molar-refractivity contribution in [2.45, 2.75) is 6.42 Å². The summed E-state index contributed by atoms with van der Waals surface area (Å²) in [4.78, 5) is 26.5. The second-order valence-electron chi connectivity index (χ2n) is 7.65. The van der Waals surface area contributed by atoms with Crippen LogP contribution in [0.1, 0.15) is 11.1 Å². The Balaban J connectivity index is 1.80. The number of para-hydroxylation sites is 1. The van der Waals surface area contributed by atoms with E-state index in [0.717, 1.165) is 22.5 Å². The van der Waals surface area contributed by atoms with Crippen LogP contribution >= 0.6 is 11.3 Å². The van der Waals surface area contributed by atoms with Crippen LogP contribution < -0.4 is 24.8 Å². The van der Waals surface area contributed by atoms with E-state index < -0.39 is 5.91 Å². The Labute approximate surface area is 206 Å². The standard InChI is InChI=1S/C28H23N3O3S/c1-34-23-14-8-11-21(17-23)18-25-27(33)31(22-12-6-3-7-13-22)28(35-25)24(19-29)26(32)30-16-15-20-9-4-2-5-10-20/h2-14,17-18H,15-16H2,1H3,(H,30,32)/b25-18-,28-24+. The Morgan fingerprint density at radius 3 is 2.46 bits per heavy atom. The van der Waals surface area contributed by atoms with E-state index in [1.165, 1.54) is 4.57 Å². The fourth-order valence-corrected chi connectivity index (χ4v) is 4.70. The summed E-state index contributed by atoms with van der Waals surface area (Å²) in [5.74, 6) is 0.156. The molecule has 7 heteroatoms. The molecule has 0 unspecified atom stereocenters. The van der Waals surface area contributed by atoms with Gasteiger partial charge in [0.05, 0.1) is 17.3 Å². The molecular weight excluding hydrogens is 458 g/mol. The molecule has 0 spiro atoms. The lowest BCUT2D eigenvalue weighted by Gasteiger charge is -2.06. The lowest BCUT2D eigenvalue weighted by Crippen LogP contribution is -2.34. The smallest absolute Gasteiger partial charge is 0.273 e. The zero-order chi connectivity index (χ0) is 24.6. The summed E-state index contributed by atoms with van der Waals surface area (Å²) >= 11 is 1.11. The molecular formula is C28H23N3O3S. The van der Waals surface area contributed by atoms with Crippen molar-refractivity contribution in [3.05, 3.63) is 116 Å². The highest BCUT2D eigenvalue weighted by Crippen LogP contribution is 2.13. The van der Waals surface area contributed by atoms with Crippen molar-refractivity contribution in [1.82, 2.24) is 9.88 Å². The number of carbonyl (C=O) groups excluding carboxylic acids is 1. The highest BCUT2D eigenvalue weighted by Gasteiger charge is 2.16. The van der Waals surface area contributed by atoms with Gasteiger partial charge in [-0.1, -0.05) is 60.7 Å². The quantitative estimate of drug-likeness (QED) is 0.440. The number of nitrogens with one attached hydrogen (secondary N) is 1. The maximum Gasteiger partial charge on any atom is 0.273 e. The highest BCUT2D eigenvalue weighted by molar-refractivity contribution is 7.07. The van der Waals surface area contributed by atoms with Crippen molar-refractivity contribution in [3.63, 3.8) is 0 Å². The summed E-state index contributed by atoms with van der Waals surface area (Å²) in [6.45, 7) is 0.373. The van der Waals surface area contributed by atoms with Gasteiger partial charge in [0.15, 0.2) is 5.57 Å². The van der Waals surface area contributed by atoms with Gasteiger partial charge in [-0.15, -0.1) is 11.3 Å². The van der Waals surface area contributed by atoms with E-state index in [1.807, 2.05) is 66.7 Å². The average molecular weight is 482 g/mol. The van der Waals surface area contributed by atoms with Crippen LogP contribution in [0, 0.1) is 11.3 Å². The van der Waals surface area contributed by atoms with Crippen molar-refractivity contribution in [3.8, 4) is 17.5 Å². The maximum absolute atomic E-state index is 13.4. The van der Waals surface area contributed by atoms with Gasteiger partial charge in [-0.3, -0.25) is 14.2 Å². The summed E-state index contributed by atoms with van der Waals surface area (Å²) in [5.41, 5.74) is 2.04. The molecule has 1 heterocycles. The average Bonchev–Trinajstić information content (AvgIpc) is 3.21. The molecule has 0 fully saturated rings. The highest BCUT2D eigenvalue weighted by atomic mass is 32.1. The molecule has 4 aromatic rings. The van der Waals surface area contributed by atoms with Gasteiger partial charge in [-0.2, -0.15) is 5.26 Å². The number of hydrogen-bond donors (Lipinski definition) is 1. The second kappa shape index (κ2) is 11.1. The van der Waals surface area contributed by atoms with Crippen molar-refractivity contribution < 1.29 is 9.53 Å². The molecule has 174 valence electrons. The molecule has 0 radical (unpaired) electrons. The molecule has 1 aromatic heterocycles. The van der Waals surface area contributed by atoms with Gasteiger partial charge in [0.1, 0.15) is 16.5 Å². The SMILES string of the molecule is COc1cccc(/C=c2\s/c(=C(\C#N)C(=O)NCCc3ccccc3)n(-c3ccccc3)c2=O)c1. The first-order chi connectivity index (χ1) is 17.1. The number of thiazole rings is 1. The van der Waals surface area contributed by atoms with Crippen LogP contribution in [0.2, 0.25) is 0 Å². The molecule has 0 atom stereocenters. The number of nitriles is 1. The van der Waals surface area contributed by atoms with E-state index in [0.29, 0.717) is 28.9 Å². The molecule has 0 aliphatic rings. The number of rotatable bonds is 7. The predicted octanol–water partition coefficient (Wildman–Crippen LogP) is 2.77. The molecule has 6 nitrogen and oxygen atoms in total. The number of carbonyl (C=O) groups is 1. The van der Waals surface area contributed by atoms with E-state index in [9.17, 15) is 14.9 Å². The summed E-state index contributed by atoms with van der Waals surface area (Å²) in [6.07, 6.45) is 2.37. The van der Waals surface area contributed by atoms with Crippen molar-refractivity contribution >= 4 is 28.9 Å². The number of amides is 1. The van der Waals surface area contributed by atoms with Crippen LogP contribution in [0.5, 0.6) is 5.75 Å². The van der Waals surface area contributed by atoms with Crippen LogP contribution in [0.3, 0.4) is 0 Å². The van der Waals surface area contributed by atoms with Gasteiger partial charge in [0.25, 0.3) is 11.5 Å². The normalized spacial score (nSPS) is 12.1. The molecule has 4 rings (SSSR count). The number of aromatic nitrogens is 1. The third-order valence-electron chi connectivity index (χ3n) is 5.32. The second-order valence-corrected chi connectivity index (χ2v) is 8.68. The molecule has 0 aliphatic heterocycles. The number of ether oxygens (including phenoxy) is 1. The molecule has 0 saturated heterocycles. The van der Waals surface area contributed by atoms with Crippen molar-refractivity contribution in [2.24, 2.45) is 0 Å². The Bertz CT molecular complexity index is 1550. The first-order valence-corrected chi connectivity index (χ1v) is 11.8. The topological polar surface area (TPSA) is 84.1 Å². The largest absolute Gasteiger partial charge is 0.497 e. The number of hydrogen-bond acceptors (Lipinski definition) is 5. The van der Waals surface area contributed by atoms with Crippen LogP contribution in [-0.2, 0) is 11.2 Å². The van der Waals surface area contributed by atoms with Gasteiger partial charge in [-0.25, -0.2) is 0 Å². The van der Waals surface area contributed by atoms with Crippen LogP contribution in [-0.4, -0.2) is 24.1 Å². The lowest BCUT2D eigenvalue weighted by molar-refractivity contribution is -0.115. The van der Waals surface area contributed by atoms with Gasteiger partial charge >= 0.3 is 0 Å². The molecule has 0 aliphatic carbocycles. The Kier molecular flexibility index (Phi) is 7.56. The van der Waals surface area contributed by atoms with Crippen LogP contribution in [0.25, 0.3) is 17.3 Å². The van der Waals surface area contributed by atoms with E-state index in [4.69, 9.17) is 4.74 Å². The summed E-state index contributed by atoms with van der Waals surface area (Å²) in [5, 5.41) is 12.7. The monoisotopic (exact) mass is 481 g/mol. The molecule has 1 amide bonds. The van der Waals surface area contributed by atoms with Gasteiger partial charge in [-0.05, 0) is 47.9 Å². The van der Waals surface area contributed by atoms with E-state index in [-0.39, 0.29) is 15.8 Å². The Hall–Kier alpha value is -4.41. The summed E-state index contributed by atoms with van der Waals surface area (Å²) < 4.78 is 7.39. The first kappa shape index (κ1) is 23.7. The number of nitrogens with zero attached hydrogens (tertiary/aromatic N) is 2. The minimum absolute atomic E-state index is 0.102. The fraction of sp³-hybridized carbons (Fsp3) is 0.107. The third kappa shape index (κ3) is 5.57. The fourth-order valence-electron chi connectivity index (χ4n) is 3.59. The van der Waals surface area contributed by atoms with Gasteiger partial charge in [0.2, 0.25) is 0 Å². The van der Waals surface area contributed by atoms with Crippen LogP contribution in [0.4, 0.5) is 0 Å². The maximum atomic E-state index is 13.4. The van der Waals surface area contributed by atoms with Gasteiger partial charge < -0.3 is 10.1 Å². The van der Waals surface area contributed by atoms with E-state index >= 15 is 0 Å². The Morgan fingerprint density at radius 2 is 1.77 bits per heavy atom. The van der Waals surface area contributed by atoms with Crippen LogP contribution in [0.15, 0.2) is 89.7 Å². The third-order valence-corrected chi connectivity index (χ3v) is 6.42. The minimum Gasteiger partial charge on any atom is -0.497 e. The molecule has 35 heavy (non-hydrogen) atoms. The molecule has 3 aromatic carbocycles. The minimum atomic E-state index is -0.512. The predicted molar refractivity (Wildman–Crippen MR) is 138 cm³/mol. The molecule has 1 N–H and O–H groups in total. The van der Waals surface area contributed by atoms with Crippen molar-refractivity contribution in [2.75, 3.05) is 13.7 Å². The lowest BCUT2D eigenvalue weighted by atomic mass is 10.1. The van der Waals surface area contributed by atoms with E-state index in [2.05, 4.69) is 5.32 Å². The zero-order valence-electron chi connectivity index (χ0n) is 19.1. The Morgan fingerprint density at radius 1 is 1.06 bits per heavy atom. The summed E-state index contributed by atoms with van der Waals surface area (Å²) in [6, 6.07) is 28.1. The first-order valence-electron chi connectivity index (χ1n) is 11.0. The molecule has 0 saturated carbocycles. The molecule has 0 bridgehead atoms. The number of benzene rings is 3. The van der Waals surface area contributed by atoms with Crippen molar-refractivity contribution in [1.29, 1.82) is 5.26 Å². The zero-order valence-corrected chi connectivity index (χ0v) is 19.9. The van der Waals surface area contributed by atoms with Gasteiger partial charge in [0, 0.05) is 6.54 Å². The van der Waals surface area contributed by atoms with E-state index in [1.54, 1.807) is 37.5 Å².